The Morgan fingerprint density at radius 2 is 1.64 bits per heavy atom. The minimum atomic E-state index is -0.278. The summed E-state index contributed by atoms with van der Waals surface area (Å²) in [4.78, 5) is 4.83. The molecule has 132 valence electrons. The fourth-order valence-electron chi connectivity index (χ4n) is 4.03. The largest absolute Gasteiger partial charge is 0.260 e. The van der Waals surface area contributed by atoms with E-state index in [9.17, 15) is 4.39 Å². The monoisotopic (exact) mass is 337 g/mol. The Hall–Kier alpha value is -1.70. The van der Waals surface area contributed by atoms with E-state index in [4.69, 9.17) is 4.98 Å². The van der Waals surface area contributed by atoms with E-state index in [0.717, 1.165) is 31.1 Å². The van der Waals surface area contributed by atoms with Gasteiger partial charge in [0, 0.05) is 24.7 Å². The van der Waals surface area contributed by atoms with Crippen LogP contribution in [-0.2, 0) is 25.7 Å². The molecule has 0 N–H and O–H groups in total. The molecular weight excluding hydrogens is 309 g/mol. The number of aromatic nitrogens is 1. The highest BCUT2D eigenvalue weighted by molar-refractivity contribution is 5.40. The van der Waals surface area contributed by atoms with Crippen LogP contribution in [0.2, 0.25) is 0 Å². The summed E-state index contributed by atoms with van der Waals surface area (Å²) in [5, 5.41) is 0. The van der Waals surface area contributed by atoms with E-state index < -0.39 is 0 Å². The summed E-state index contributed by atoms with van der Waals surface area (Å²) in [6.07, 6.45) is 12.4. The lowest BCUT2D eigenvalue weighted by atomic mass is 9.78. The van der Waals surface area contributed by atoms with Gasteiger partial charge in [-0.3, -0.25) is 9.37 Å². The van der Waals surface area contributed by atoms with Gasteiger partial charge in [0.15, 0.2) is 0 Å². The molecule has 1 heterocycles. The molecule has 2 heteroatoms. The van der Waals surface area contributed by atoms with E-state index in [1.165, 1.54) is 60.1 Å². The number of hydrogen-bond donors (Lipinski definition) is 0. The van der Waals surface area contributed by atoms with Crippen molar-refractivity contribution >= 4 is 0 Å². The predicted molar refractivity (Wildman–Crippen MR) is 101 cm³/mol. The van der Waals surface area contributed by atoms with E-state index in [1.807, 2.05) is 6.20 Å². The fourth-order valence-corrected chi connectivity index (χ4v) is 4.03. The topological polar surface area (TPSA) is 12.9 Å². The van der Waals surface area contributed by atoms with Crippen molar-refractivity contribution in [2.75, 3.05) is 6.67 Å². The lowest BCUT2D eigenvalue weighted by Gasteiger charge is -2.28. The van der Waals surface area contributed by atoms with Crippen LogP contribution in [0.15, 0.2) is 36.5 Å². The van der Waals surface area contributed by atoms with Crippen LogP contribution in [0.5, 0.6) is 0 Å². The molecule has 2 aliphatic carbocycles. The molecule has 0 saturated heterocycles. The van der Waals surface area contributed by atoms with Crippen LogP contribution < -0.4 is 0 Å². The maximum atomic E-state index is 13.1. The average Bonchev–Trinajstić information content (AvgIpc) is 3.40. The van der Waals surface area contributed by atoms with E-state index in [2.05, 4.69) is 30.3 Å². The molecule has 0 spiro atoms. The summed E-state index contributed by atoms with van der Waals surface area (Å²) in [6.45, 7) is -0.278. The first-order valence-corrected chi connectivity index (χ1v) is 9.92. The predicted octanol–water partition coefficient (Wildman–Crippen LogP) is 5.48. The van der Waals surface area contributed by atoms with Crippen LogP contribution in [0.1, 0.15) is 60.1 Å². The molecule has 0 bridgehead atoms. The van der Waals surface area contributed by atoms with Gasteiger partial charge in [0.25, 0.3) is 0 Å². The third kappa shape index (κ3) is 4.11. The van der Waals surface area contributed by atoms with E-state index >= 15 is 0 Å². The second-order valence-corrected chi connectivity index (χ2v) is 7.94. The van der Waals surface area contributed by atoms with Crippen molar-refractivity contribution in [1.82, 2.24) is 4.98 Å². The van der Waals surface area contributed by atoms with Gasteiger partial charge in [-0.1, -0.05) is 49.6 Å². The third-order valence-electron chi connectivity index (χ3n) is 5.96. The summed E-state index contributed by atoms with van der Waals surface area (Å²) in [6, 6.07) is 10.6. The number of halogens is 1. The molecule has 0 amide bonds. The van der Waals surface area contributed by atoms with Gasteiger partial charge in [-0.25, -0.2) is 0 Å². The van der Waals surface area contributed by atoms with Gasteiger partial charge in [-0.05, 0) is 59.8 Å². The van der Waals surface area contributed by atoms with Crippen LogP contribution in [0.3, 0.4) is 0 Å². The number of benzene rings is 1. The molecule has 2 saturated carbocycles. The summed E-state index contributed by atoms with van der Waals surface area (Å²) in [7, 11) is 0. The zero-order chi connectivity index (χ0) is 17.1. The van der Waals surface area contributed by atoms with Crippen molar-refractivity contribution in [3.63, 3.8) is 0 Å². The SMILES string of the molecule is FCCc1cnc(Cc2ccccc2)c(CC2CCC2)c1CC1CC1. The zero-order valence-electron chi connectivity index (χ0n) is 15.0. The maximum Gasteiger partial charge on any atom is 0.0935 e. The lowest BCUT2D eigenvalue weighted by molar-refractivity contribution is 0.312. The molecule has 2 fully saturated rings. The van der Waals surface area contributed by atoms with Crippen LogP contribution in [0, 0.1) is 11.8 Å². The molecule has 1 aromatic carbocycles. The number of hydrogen-bond acceptors (Lipinski definition) is 1. The molecule has 2 aliphatic rings. The molecular formula is C23H28FN. The number of rotatable bonds is 8. The molecule has 4 rings (SSSR count). The Bertz CT molecular complexity index is 702. The minimum absolute atomic E-state index is 0.278. The Morgan fingerprint density at radius 3 is 2.28 bits per heavy atom. The molecule has 0 unspecified atom stereocenters. The average molecular weight is 337 g/mol. The van der Waals surface area contributed by atoms with Gasteiger partial charge >= 0.3 is 0 Å². The van der Waals surface area contributed by atoms with Crippen molar-refractivity contribution in [1.29, 1.82) is 0 Å². The minimum Gasteiger partial charge on any atom is -0.260 e. The first-order chi connectivity index (χ1) is 12.3. The smallest absolute Gasteiger partial charge is 0.0935 e. The summed E-state index contributed by atoms with van der Waals surface area (Å²) >= 11 is 0. The van der Waals surface area contributed by atoms with E-state index in [1.54, 1.807) is 0 Å². The number of alkyl halides is 1. The molecule has 1 nitrogen and oxygen atoms in total. The van der Waals surface area contributed by atoms with Crippen LogP contribution in [0.25, 0.3) is 0 Å². The summed E-state index contributed by atoms with van der Waals surface area (Å²) in [5.74, 6) is 1.64. The highest BCUT2D eigenvalue weighted by atomic mass is 19.1. The number of pyridine rings is 1. The normalized spacial score (nSPS) is 17.5. The molecule has 2 aromatic rings. The van der Waals surface area contributed by atoms with Crippen LogP contribution in [-0.4, -0.2) is 11.7 Å². The van der Waals surface area contributed by atoms with Gasteiger partial charge in [0.1, 0.15) is 0 Å². The Morgan fingerprint density at radius 1 is 0.920 bits per heavy atom. The van der Waals surface area contributed by atoms with Gasteiger partial charge in [0.2, 0.25) is 0 Å². The highest BCUT2D eigenvalue weighted by Crippen LogP contribution is 2.38. The maximum absolute atomic E-state index is 13.1. The van der Waals surface area contributed by atoms with Gasteiger partial charge in [-0.15, -0.1) is 0 Å². The quantitative estimate of drug-likeness (QED) is 0.621. The van der Waals surface area contributed by atoms with Crippen molar-refractivity contribution < 1.29 is 4.39 Å². The lowest BCUT2D eigenvalue weighted by Crippen LogP contribution is -2.18. The van der Waals surface area contributed by atoms with E-state index in [0.29, 0.717) is 6.42 Å². The zero-order valence-corrected chi connectivity index (χ0v) is 15.0. The third-order valence-corrected chi connectivity index (χ3v) is 5.96. The molecule has 25 heavy (non-hydrogen) atoms. The summed E-state index contributed by atoms with van der Waals surface area (Å²) < 4.78 is 13.1. The number of aryl methyl sites for hydroxylation is 1. The highest BCUT2D eigenvalue weighted by Gasteiger charge is 2.27. The van der Waals surface area contributed by atoms with Crippen molar-refractivity contribution in [2.24, 2.45) is 11.8 Å². The fraction of sp³-hybridized carbons (Fsp3) is 0.522. The molecule has 0 aliphatic heterocycles. The van der Waals surface area contributed by atoms with Gasteiger partial charge in [0.05, 0.1) is 6.67 Å². The van der Waals surface area contributed by atoms with Gasteiger partial charge in [-0.2, -0.15) is 0 Å². The number of nitrogens with zero attached hydrogens (tertiary/aromatic N) is 1. The van der Waals surface area contributed by atoms with E-state index in [-0.39, 0.29) is 6.67 Å². The van der Waals surface area contributed by atoms with Crippen molar-refractivity contribution in [2.45, 2.75) is 57.8 Å². The first kappa shape index (κ1) is 16.8. The molecule has 0 radical (unpaired) electrons. The summed E-state index contributed by atoms with van der Waals surface area (Å²) in [5.41, 5.74) is 6.64. The Labute approximate surface area is 150 Å². The Balaban J connectivity index is 1.69. The second-order valence-electron chi connectivity index (χ2n) is 7.94. The van der Waals surface area contributed by atoms with Crippen LogP contribution in [0.4, 0.5) is 4.39 Å². The van der Waals surface area contributed by atoms with Crippen LogP contribution >= 0.6 is 0 Å². The van der Waals surface area contributed by atoms with Crippen molar-refractivity contribution in [3.05, 3.63) is 64.5 Å². The standard InChI is InChI=1S/C23H28FN/c24-12-11-20-16-25-23(15-18-5-2-1-3-6-18)22(14-17-7-4-8-17)21(20)13-19-9-10-19/h1-3,5-6,16-17,19H,4,7-15H2. The Kier molecular flexibility index (Phi) is 5.14. The molecule has 0 atom stereocenters. The molecule has 1 aromatic heterocycles. The second kappa shape index (κ2) is 7.68. The van der Waals surface area contributed by atoms with Crippen molar-refractivity contribution in [3.8, 4) is 0 Å². The first-order valence-electron chi connectivity index (χ1n) is 9.92. The van der Waals surface area contributed by atoms with Gasteiger partial charge < -0.3 is 0 Å².